The summed E-state index contributed by atoms with van der Waals surface area (Å²) in [6.45, 7) is 3.27. The Balaban J connectivity index is 2.04. The van der Waals surface area contributed by atoms with Crippen molar-refractivity contribution in [3.8, 4) is 5.75 Å². The van der Waals surface area contributed by atoms with Crippen LogP contribution in [0.15, 0.2) is 24.3 Å². The summed E-state index contributed by atoms with van der Waals surface area (Å²) in [6, 6.07) is 7.37. The minimum absolute atomic E-state index is 0.173. The fourth-order valence-electron chi connectivity index (χ4n) is 1.38. The monoisotopic (exact) mass is 273 g/mol. The highest BCUT2D eigenvalue weighted by Crippen LogP contribution is 2.22. The number of nitrogens with zero attached hydrogens (tertiary/aromatic N) is 1. The van der Waals surface area contributed by atoms with Crippen LogP contribution < -0.4 is 4.74 Å². The molecule has 1 aromatic carbocycles. The van der Waals surface area contributed by atoms with Gasteiger partial charge in [-0.2, -0.15) is 0 Å². The molecule has 0 unspecified atom stereocenters. The molecular weight excluding hydrogens is 254 g/mol. The minimum atomic E-state index is 0.173. The molecule has 102 valence electrons. The molecule has 0 atom stereocenters. The van der Waals surface area contributed by atoms with Crippen molar-refractivity contribution in [2.75, 3.05) is 46.6 Å². The first-order chi connectivity index (χ1) is 8.74. The number of para-hydroxylation sites is 1. The molecule has 0 heterocycles. The van der Waals surface area contributed by atoms with Gasteiger partial charge in [0.25, 0.3) is 0 Å². The molecule has 1 aromatic rings. The van der Waals surface area contributed by atoms with Crippen molar-refractivity contribution in [2.45, 2.75) is 0 Å². The number of aliphatic hydroxyl groups excluding tert-OH is 1. The summed E-state index contributed by atoms with van der Waals surface area (Å²) in [5.74, 6) is 0.681. The smallest absolute Gasteiger partial charge is 0.138 e. The quantitative estimate of drug-likeness (QED) is 0.695. The maximum absolute atomic E-state index is 8.71. The Hall–Kier alpha value is -0.810. The average Bonchev–Trinajstić information content (AvgIpc) is 2.36. The Morgan fingerprint density at radius 3 is 2.67 bits per heavy atom. The van der Waals surface area contributed by atoms with Gasteiger partial charge in [0.1, 0.15) is 12.4 Å². The third-order valence-corrected chi connectivity index (χ3v) is 2.73. The van der Waals surface area contributed by atoms with E-state index >= 15 is 0 Å². The van der Waals surface area contributed by atoms with E-state index in [-0.39, 0.29) is 6.61 Å². The molecule has 0 spiro atoms. The van der Waals surface area contributed by atoms with Crippen molar-refractivity contribution in [3.05, 3.63) is 29.3 Å². The predicted octanol–water partition coefficient (Wildman–Crippen LogP) is 1.66. The zero-order chi connectivity index (χ0) is 13.2. The maximum Gasteiger partial charge on any atom is 0.138 e. The lowest BCUT2D eigenvalue weighted by molar-refractivity contribution is 0.0813. The topological polar surface area (TPSA) is 41.9 Å². The minimum Gasteiger partial charge on any atom is -0.490 e. The van der Waals surface area contributed by atoms with Crippen molar-refractivity contribution in [1.82, 2.24) is 4.90 Å². The number of rotatable bonds is 9. The fourth-order valence-corrected chi connectivity index (χ4v) is 1.57. The van der Waals surface area contributed by atoms with E-state index in [1.165, 1.54) is 0 Å². The zero-order valence-corrected chi connectivity index (χ0v) is 11.4. The number of aliphatic hydroxyl groups is 1. The molecule has 0 saturated heterocycles. The summed E-state index contributed by atoms with van der Waals surface area (Å²) in [5, 5.41) is 9.33. The van der Waals surface area contributed by atoms with Gasteiger partial charge in [-0.1, -0.05) is 23.7 Å². The van der Waals surface area contributed by atoms with E-state index in [9.17, 15) is 0 Å². The number of hydrogen-bond donors (Lipinski definition) is 1. The van der Waals surface area contributed by atoms with Crippen molar-refractivity contribution >= 4 is 11.6 Å². The highest BCUT2D eigenvalue weighted by atomic mass is 35.5. The molecule has 4 nitrogen and oxygen atoms in total. The lowest BCUT2D eigenvalue weighted by Gasteiger charge is -2.15. The summed E-state index contributed by atoms with van der Waals surface area (Å²) in [7, 11) is 1.94. The largest absolute Gasteiger partial charge is 0.490 e. The average molecular weight is 274 g/mol. The Labute approximate surface area is 113 Å². The van der Waals surface area contributed by atoms with Crippen LogP contribution in [0.2, 0.25) is 5.02 Å². The van der Waals surface area contributed by atoms with E-state index < -0.39 is 0 Å². The van der Waals surface area contributed by atoms with Gasteiger partial charge in [0.05, 0.1) is 24.8 Å². The normalized spacial score (nSPS) is 10.9. The van der Waals surface area contributed by atoms with Gasteiger partial charge in [-0.05, 0) is 19.2 Å². The van der Waals surface area contributed by atoms with Gasteiger partial charge < -0.3 is 19.5 Å². The third-order valence-electron chi connectivity index (χ3n) is 2.42. The SMILES string of the molecule is CN(CCO)CCOCCOc1ccccc1Cl. The molecule has 1 rings (SSSR count). The van der Waals surface area contributed by atoms with Gasteiger partial charge in [-0.25, -0.2) is 0 Å². The molecule has 0 aliphatic heterocycles. The Kier molecular flexibility index (Phi) is 7.76. The Morgan fingerprint density at radius 1 is 1.17 bits per heavy atom. The van der Waals surface area contributed by atoms with Crippen LogP contribution in [0.5, 0.6) is 5.75 Å². The predicted molar refractivity (Wildman–Crippen MR) is 72.3 cm³/mol. The van der Waals surface area contributed by atoms with E-state index in [1.54, 1.807) is 6.07 Å². The van der Waals surface area contributed by atoms with Gasteiger partial charge in [0.2, 0.25) is 0 Å². The summed E-state index contributed by atoms with van der Waals surface area (Å²) in [4.78, 5) is 2.01. The van der Waals surface area contributed by atoms with E-state index in [0.717, 1.165) is 6.54 Å². The first kappa shape index (κ1) is 15.2. The summed E-state index contributed by atoms with van der Waals surface area (Å²) in [5.41, 5.74) is 0. The fraction of sp³-hybridized carbons (Fsp3) is 0.538. The van der Waals surface area contributed by atoms with Crippen LogP contribution in [0.3, 0.4) is 0 Å². The summed E-state index contributed by atoms with van der Waals surface area (Å²) >= 11 is 5.94. The number of likely N-dealkylation sites (N-methyl/N-ethyl adjacent to an activating group) is 1. The first-order valence-electron chi connectivity index (χ1n) is 5.98. The van der Waals surface area contributed by atoms with Crippen LogP contribution in [0, 0.1) is 0 Å². The van der Waals surface area contributed by atoms with Gasteiger partial charge in [-0.3, -0.25) is 0 Å². The molecule has 0 aromatic heterocycles. The Bertz CT molecular complexity index is 336. The van der Waals surface area contributed by atoms with Crippen LogP contribution in [0.1, 0.15) is 0 Å². The molecule has 1 N–H and O–H groups in total. The summed E-state index contributed by atoms with van der Waals surface area (Å²) < 4.78 is 10.9. The van der Waals surface area contributed by atoms with Gasteiger partial charge >= 0.3 is 0 Å². The third kappa shape index (κ3) is 6.21. The van der Waals surface area contributed by atoms with E-state index in [1.807, 2.05) is 30.1 Å². The van der Waals surface area contributed by atoms with Crippen molar-refractivity contribution in [2.24, 2.45) is 0 Å². The molecule has 18 heavy (non-hydrogen) atoms. The second-order valence-electron chi connectivity index (χ2n) is 3.92. The van der Waals surface area contributed by atoms with Crippen LogP contribution in [0.4, 0.5) is 0 Å². The second-order valence-corrected chi connectivity index (χ2v) is 4.33. The lowest BCUT2D eigenvalue weighted by atomic mass is 10.3. The van der Waals surface area contributed by atoms with E-state index in [4.69, 9.17) is 26.2 Å². The molecule has 0 saturated carbocycles. The number of ether oxygens (including phenoxy) is 2. The number of halogens is 1. The van der Waals surface area contributed by atoms with Gasteiger partial charge in [0.15, 0.2) is 0 Å². The molecule has 0 aliphatic carbocycles. The van der Waals surface area contributed by atoms with Crippen LogP contribution in [-0.2, 0) is 4.74 Å². The highest BCUT2D eigenvalue weighted by molar-refractivity contribution is 6.32. The number of hydrogen-bond acceptors (Lipinski definition) is 4. The molecule has 0 fully saturated rings. The summed E-state index contributed by atoms with van der Waals surface area (Å²) in [6.07, 6.45) is 0. The molecule has 0 amide bonds. The van der Waals surface area contributed by atoms with Crippen LogP contribution >= 0.6 is 11.6 Å². The van der Waals surface area contributed by atoms with Gasteiger partial charge in [-0.15, -0.1) is 0 Å². The van der Waals surface area contributed by atoms with Crippen molar-refractivity contribution in [1.29, 1.82) is 0 Å². The van der Waals surface area contributed by atoms with E-state index in [0.29, 0.717) is 37.1 Å². The van der Waals surface area contributed by atoms with Gasteiger partial charge in [0, 0.05) is 13.1 Å². The number of benzene rings is 1. The first-order valence-corrected chi connectivity index (χ1v) is 6.36. The van der Waals surface area contributed by atoms with E-state index in [2.05, 4.69) is 0 Å². The molecule has 0 aliphatic rings. The van der Waals surface area contributed by atoms with Crippen LogP contribution in [0.25, 0.3) is 0 Å². The van der Waals surface area contributed by atoms with Crippen molar-refractivity contribution < 1.29 is 14.6 Å². The molecule has 0 bridgehead atoms. The standard InChI is InChI=1S/C13H20ClNO3/c1-15(6-8-16)7-9-17-10-11-18-13-5-3-2-4-12(13)14/h2-5,16H,6-11H2,1H3. The van der Waals surface area contributed by atoms with Crippen LogP contribution in [-0.4, -0.2) is 56.6 Å². The zero-order valence-electron chi connectivity index (χ0n) is 10.6. The lowest BCUT2D eigenvalue weighted by Crippen LogP contribution is -2.26. The second kappa shape index (κ2) is 9.16. The Morgan fingerprint density at radius 2 is 1.94 bits per heavy atom. The molecule has 0 radical (unpaired) electrons. The highest BCUT2D eigenvalue weighted by Gasteiger charge is 2.00. The maximum atomic E-state index is 8.71. The molecule has 5 heteroatoms. The van der Waals surface area contributed by atoms with Crippen molar-refractivity contribution in [3.63, 3.8) is 0 Å². The molecular formula is C13H20ClNO3.